The third-order valence-electron chi connectivity index (χ3n) is 3.36. The predicted molar refractivity (Wildman–Crippen MR) is 72.2 cm³/mol. The average Bonchev–Trinajstić information content (AvgIpc) is 2.68. The van der Waals surface area contributed by atoms with Crippen molar-refractivity contribution in [3.8, 4) is 11.1 Å². The molecule has 1 aliphatic carbocycles. The molecule has 0 saturated heterocycles. The molecular formula is C14H13NO2S. The standard InChI is InChI=1S/C14H13NO2S/c1-18(16,17)13-7-6-12(15)11-8-9-4-2-3-5-10(9)14(11)13/h2-7H,8,15H2,1H3. The van der Waals surface area contributed by atoms with Crippen LogP contribution in [-0.2, 0) is 16.3 Å². The van der Waals surface area contributed by atoms with Crippen LogP contribution in [0.3, 0.4) is 0 Å². The smallest absolute Gasteiger partial charge is 0.176 e. The summed E-state index contributed by atoms with van der Waals surface area (Å²) in [4.78, 5) is 0.372. The Morgan fingerprint density at radius 3 is 2.56 bits per heavy atom. The number of hydrogen-bond acceptors (Lipinski definition) is 3. The minimum absolute atomic E-state index is 0.372. The van der Waals surface area contributed by atoms with Crippen LogP contribution in [0.1, 0.15) is 11.1 Å². The highest BCUT2D eigenvalue weighted by Gasteiger charge is 2.26. The van der Waals surface area contributed by atoms with E-state index in [2.05, 4.69) is 0 Å². The molecule has 0 atom stereocenters. The van der Waals surface area contributed by atoms with E-state index in [9.17, 15) is 8.42 Å². The van der Waals surface area contributed by atoms with E-state index < -0.39 is 9.84 Å². The van der Waals surface area contributed by atoms with E-state index in [1.54, 1.807) is 12.1 Å². The highest BCUT2D eigenvalue weighted by atomic mass is 32.2. The Hall–Kier alpha value is -1.81. The number of benzene rings is 2. The second-order valence-electron chi connectivity index (χ2n) is 4.61. The summed E-state index contributed by atoms with van der Waals surface area (Å²) in [6, 6.07) is 11.1. The maximum Gasteiger partial charge on any atom is 0.176 e. The van der Waals surface area contributed by atoms with Crippen LogP contribution in [0.2, 0.25) is 0 Å². The van der Waals surface area contributed by atoms with Gasteiger partial charge in [-0.05, 0) is 28.8 Å². The summed E-state index contributed by atoms with van der Waals surface area (Å²) < 4.78 is 23.7. The number of fused-ring (bicyclic) bond motifs is 3. The second-order valence-corrected chi connectivity index (χ2v) is 6.60. The predicted octanol–water partition coefficient (Wildman–Crippen LogP) is 2.24. The van der Waals surface area contributed by atoms with E-state index in [1.807, 2.05) is 24.3 Å². The number of anilines is 1. The Balaban J connectivity index is 2.42. The molecule has 0 aliphatic heterocycles. The van der Waals surface area contributed by atoms with Gasteiger partial charge in [0, 0.05) is 23.9 Å². The zero-order valence-electron chi connectivity index (χ0n) is 9.97. The van der Waals surface area contributed by atoms with Crippen LogP contribution in [0.25, 0.3) is 11.1 Å². The van der Waals surface area contributed by atoms with Gasteiger partial charge in [-0.25, -0.2) is 8.42 Å². The Labute approximate surface area is 106 Å². The Kier molecular flexibility index (Phi) is 2.25. The maximum atomic E-state index is 11.9. The molecule has 0 radical (unpaired) electrons. The molecule has 0 spiro atoms. The molecule has 0 unspecified atom stereocenters. The lowest BCUT2D eigenvalue weighted by molar-refractivity contribution is 0.602. The summed E-state index contributed by atoms with van der Waals surface area (Å²) in [5.41, 5.74) is 10.5. The first-order chi connectivity index (χ1) is 8.48. The van der Waals surface area contributed by atoms with Crippen molar-refractivity contribution in [1.82, 2.24) is 0 Å². The minimum atomic E-state index is -3.24. The fraction of sp³-hybridized carbons (Fsp3) is 0.143. The first-order valence-electron chi connectivity index (χ1n) is 5.68. The molecule has 0 saturated carbocycles. The van der Waals surface area contributed by atoms with Crippen molar-refractivity contribution in [3.63, 3.8) is 0 Å². The zero-order valence-corrected chi connectivity index (χ0v) is 10.8. The molecule has 3 rings (SSSR count). The van der Waals surface area contributed by atoms with Gasteiger partial charge in [0.25, 0.3) is 0 Å². The van der Waals surface area contributed by atoms with Gasteiger partial charge >= 0.3 is 0 Å². The Morgan fingerprint density at radius 2 is 1.83 bits per heavy atom. The van der Waals surface area contributed by atoms with Crippen molar-refractivity contribution in [2.45, 2.75) is 11.3 Å². The molecule has 0 bridgehead atoms. The number of rotatable bonds is 1. The molecule has 0 amide bonds. The summed E-state index contributed by atoms with van der Waals surface area (Å²) in [6.45, 7) is 0. The van der Waals surface area contributed by atoms with Crippen LogP contribution in [-0.4, -0.2) is 14.7 Å². The molecule has 2 aromatic carbocycles. The van der Waals surface area contributed by atoms with Crippen molar-refractivity contribution in [3.05, 3.63) is 47.5 Å². The first-order valence-corrected chi connectivity index (χ1v) is 7.57. The Morgan fingerprint density at radius 1 is 1.11 bits per heavy atom. The van der Waals surface area contributed by atoms with Gasteiger partial charge in [-0.3, -0.25) is 0 Å². The van der Waals surface area contributed by atoms with E-state index in [4.69, 9.17) is 5.73 Å². The van der Waals surface area contributed by atoms with E-state index in [-0.39, 0.29) is 0 Å². The lowest BCUT2D eigenvalue weighted by Crippen LogP contribution is -2.02. The summed E-state index contributed by atoms with van der Waals surface area (Å²) in [7, 11) is -3.24. The molecule has 2 N–H and O–H groups in total. The Bertz CT molecular complexity index is 748. The highest BCUT2D eigenvalue weighted by Crippen LogP contribution is 2.43. The van der Waals surface area contributed by atoms with Gasteiger partial charge in [-0.15, -0.1) is 0 Å². The molecule has 92 valence electrons. The van der Waals surface area contributed by atoms with Gasteiger partial charge in [-0.1, -0.05) is 24.3 Å². The summed E-state index contributed by atoms with van der Waals surface area (Å²) >= 11 is 0. The number of nitrogen functional groups attached to an aromatic ring is 1. The van der Waals surface area contributed by atoms with Crippen molar-refractivity contribution in [2.75, 3.05) is 12.0 Å². The van der Waals surface area contributed by atoms with Crippen molar-refractivity contribution < 1.29 is 8.42 Å². The lowest BCUT2D eigenvalue weighted by atomic mass is 10.1. The van der Waals surface area contributed by atoms with Gasteiger partial charge in [0.15, 0.2) is 9.84 Å². The van der Waals surface area contributed by atoms with Crippen LogP contribution < -0.4 is 5.73 Å². The molecule has 0 heterocycles. The van der Waals surface area contributed by atoms with Crippen molar-refractivity contribution in [2.24, 2.45) is 0 Å². The second kappa shape index (κ2) is 3.59. The molecule has 0 fully saturated rings. The number of hydrogen-bond donors (Lipinski definition) is 1. The van der Waals surface area contributed by atoms with Crippen LogP contribution in [0.4, 0.5) is 5.69 Å². The van der Waals surface area contributed by atoms with Crippen LogP contribution in [0.5, 0.6) is 0 Å². The molecule has 18 heavy (non-hydrogen) atoms. The zero-order chi connectivity index (χ0) is 12.9. The van der Waals surface area contributed by atoms with E-state index in [0.717, 1.165) is 22.3 Å². The van der Waals surface area contributed by atoms with E-state index in [0.29, 0.717) is 17.0 Å². The van der Waals surface area contributed by atoms with E-state index in [1.165, 1.54) is 6.26 Å². The topological polar surface area (TPSA) is 60.2 Å². The van der Waals surface area contributed by atoms with Crippen LogP contribution >= 0.6 is 0 Å². The summed E-state index contributed by atoms with van der Waals surface area (Å²) in [5.74, 6) is 0. The first kappa shape index (κ1) is 11.3. The average molecular weight is 259 g/mol. The number of nitrogens with two attached hydrogens (primary N) is 1. The monoisotopic (exact) mass is 259 g/mol. The van der Waals surface area contributed by atoms with E-state index >= 15 is 0 Å². The molecule has 0 aromatic heterocycles. The van der Waals surface area contributed by atoms with Crippen molar-refractivity contribution in [1.29, 1.82) is 0 Å². The lowest BCUT2D eigenvalue weighted by Gasteiger charge is -2.09. The largest absolute Gasteiger partial charge is 0.398 e. The fourth-order valence-electron chi connectivity index (χ4n) is 2.55. The van der Waals surface area contributed by atoms with Crippen molar-refractivity contribution >= 4 is 15.5 Å². The summed E-state index contributed by atoms with van der Waals surface area (Å²) in [5, 5.41) is 0. The molecular weight excluding hydrogens is 246 g/mol. The maximum absolute atomic E-state index is 11.9. The molecule has 4 heteroatoms. The van der Waals surface area contributed by atoms with Crippen LogP contribution in [0.15, 0.2) is 41.3 Å². The van der Waals surface area contributed by atoms with Gasteiger partial charge < -0.3 is 5.73 Å². The van der Waals surface area contributed by atoms with Gasteiger partial charge in [0.2, 0.25) is 0 Å². The minimum Gasteiger partial charge on any atom is -0.398 e. The van der Waals surface area contributed by atoms with Gasteiger partial charge in [-0.2, -0.15) is 0 Å². The third-order valence-corrected chi connectivity index (χ3v) is 4.50. The SMILES string of the molecule is CS(=O)(=O)c1ccc(N)c2c1-c1ccccc1C2. The normalized spacial score (nSPS) is 13.2. The fourth-order valence-corrected chi connectivity index (χ4v) is 3.47. The third kappa shape index (κ3) is 1.53. The molecule has 2 aromatic rings. The summed E-state index contributed by atoms with van der Waals surface area (Å²) in [6.07, 6.45) is 1.94. The number of sulfone groups is 1. The van der Waals surface area contributed by atoms with Gasteiger partial charge in [0.05, 0.1) is 4.90 Å². The highest BCUT2D eigenvalue weighted by molar-refractivity contribution is 7.90. The molecule has 3 nitrogen and oxygen atoms in total. The van der Waals surface area contributed by atoms with Crippen LogP contribution in [0, 0.1) is 0 Å². The molecule has 1 aliphatic rings. The van der Waals surface area contributed by atoms with Gasteiger partial charge in [0.1, 0.15) is 0 Å². The quantitative estimate of drug-likeness (QED) is 0.682.